The van der Waals surface area contributed by atoms with E-state index in [1.807, 2.05) is 0 Å². The molecule has 0 saturated carbocycles. The monoisotopic (exact) mass is 359 g/mol. The van der Waals surface area contributed by atoms with Crippen LogP contribution < -0.4 is 14.8 Å². The van der Waals surface area contributed by atoms with Gasteiger partial charge in [-0.15, -0.1) is 0 Å². The molecule has 1 aliphatic heterocycles. The van der Waals surface area contributed by atoms with Crippen LogP contribution in [-0.4, -0.2) is 31.2 Å². The number of ether oxygens (including phenoxy) is 3. The van der Waals surface area contributed by atoms with Crippen LogP contribution in [0.3, 0.4) is 0 Å². The minimum Gasteiger partial charge on any atom is -0.486 e. The quantitative estimate of drug-likeness (QED) is 0.849. The summed E-state index contributed by atoms with van der Waals surface area (Å²) >= 11 is 0. The number of halogens is 1. The third-order valence-electron chi connectivity index (χ3n) is 3.87. The zero-order valence-electron chi connectivity index (χ0n) is 14.4. The average Bonchev–Trinajstić information content (AvgIpc) is 2.63. The molecule has 1 atom stereocenters. The number of carbonyl (C=O) groups excluding carboxylic acids is 2. The Labute approximate surface area is 149 Å². The summed E-state index contributed by atoms with van der Waals surface area (Å²) in [5.74, 6) is -0.645. The first-order valence-electron chi connectivity index (χ1n) is 8.11. The normalized spacial score (nSPS) is 13.7. The molecular formula is C19H18FNO5. The van der Waals surface area contributed by atoms with Crippen molar-refractivity contribution in [2.45, 2.75) is 20.0 Å². The summed E-state index contributed by atoms with van der Waals surface area (Å²) in [4.78, 5) is 24.3. The van der Waals surface area contributed by atoms with Gasteiger partial charge >= 0.3 is 5.97 Å². The van der Waals surface area contributed by atoms with Gasteiger partial charge in [0.05, 0.1) is 5.56 Å². The SMILES string of the molecule is Cc1ccc(C(=O)O[C@H](C)C(=O)Nc2ccc3c(c2)OCCO3)cc1F. The first-order chi connectivity index (χ1) is 12.4. The van der Waals surface area contributed by atoms with Crippen LogP contribution in [0.4, 0.5) is 10.1 Å². The number of amides is 1. The average molecular weight is 359 g/mol. The van der Waals surface area contributed by atoms with Gasteiger partial charge in [0.1, 0.15) is 19.0 Å². The fourth-order valence-electron chi connectivity index (χ4n) is 2.37. The number of nitrogens with one attached hydrogen (secondary N) is 1. The van der Waals surface area contributed by atoms with Crippen LogP contribution in [0.5, 0.6) is 11.5 Å². The highest BCUT2D eigenvalue weighted by Gasteiger charge is 2.20. The predicted molar refractivity (Wildman–Crippen MR) is 92.1 cm³/mol. The Bertz CT molecular complexity index is 852. The van der Waals surface area contributed by atoms with Crippen molar-refractivity contribution in [2.24, 2.45) is 0 Å². The van der Waals surface area contributed by atoms with Crippen LogP contribution in [0.25, 0.3) is 0 Å². The molecule has 1 amide bonds. The van der Waals surface area contributed by atoms with Gasteiger partial charge in [-0.25, -0.2) is 9.18 Å². The summed E-state index contributed by atoms with van der Waals surface area (Å²) < 4.78 is 29.5. The molecule has 0 aromatic heterocycles. The van der Waals surface area contributed by atoms with Crippen LogP contribution in [0.1, 0.15) is 22.8 Å². The Balaban J connectivity index is 1.62. The first-order valence-corrected chi connectivity index (χ1v) is 8.11. The van der Waals surface area contributed by atoms with Crippen LogP contribution in [0.2, 0.25) is 0 Å². The van der Waals surface area contributed by atoms with Crippen molar-refractivity contribution in [1.82, 2.24) is 0 Å². The zero-order chi connectivity index (χ0) is 18.7. The highest BCUT2D eigenvalue weighted by molar-refractivity contribution is 5.97. The summed E-state index contributed by atoms with van der Waals surface area (Å²) in [6.07, 6.45) is -1.06. The van der Waals surface area contributed by atoms with Crippen molar-refractivity contribution >= 4 is 17.6 Å². The maximum absolute atomic E-state index is 13.6. The number of aryl methyl sites for hydroxylation is 1. The highest BCUT2D eigenvalue weighted by atomic mass is 19.1. The molecule has 136 valence electrons. The molecule has 26 heavy (non-hydrogen) atoms. The zero-order valence-corrected chi connectivity index (χ0v) is 14.4. The number of rotatable bonds is 4. The molecule has 1 heterocycles. The van der Waals surface area contributed by atoms with Gasteiger partial charge in [0.15, 0.2) is 17.6 Å². The second kappa shape index (κ2) is 7.43. The fourth-order valence-corrected chi connectivity index (χ4v) is 2.37. The number of carbonyl (C=O) groups is 2. The van der Waals surface area contributed by atoms with E-state index in [0.717, 1.165) is 6.07 Å². The van der Waals surface area contributed by atoms with Gasteiger partial charge in [-0.1, -0.05) is 6.07 Å². The minimum absolute atomic E-state index is 0.0482. The van der Waals surface area contributed by atoms with Gasteiger partial charge in [0.25, 0.3) is 5.91 Å². The Hall–Kier alpha value is -3.09. The molecule has 0 spiro atoms. The Morgan fingerprint density at radius 1 is 1.12 bits per heavy atom. The van der Waals surface area contributed by atoms with Gasteiger partial charge in [-0.05, 0) is 43.7 Å². The van der Waals surface area contributed by atoms with E-state index in [9.17, 15) is 14.0 Å². The Morgan fingerprint density at radius 2 is 1.85 bits per heavy atom. The molecule has 7 heteroatoms. The van der Waals surface area contributed by atoms with Gasteiger partial charge < -0.3 is 19.5 Å². The number of hydrogen-bond donors (Lipinski definition) is 1. The second-order valence-corrected chi connectivity index (χ2v) is 5.86. The van der Waals surface area contributed by atoms with Crippen molar-refractivity contribution in [2.75, 3.05) is 18.5 Å². The molecule has 0 unspecified atom stereocenters. The van der Waals surface area contributed by atoms with Crippen LogP contribution >= 0.6 is 0 Å². The molecule has 0 radical (unpaired) electrons. The lowest BCUT2D eigenvalue weighted by molar-refractivity contribution is -0.123. The summed E-state index contributed by atoms with van der Waals surface area (Å²) in [5, 5.41) is 2.64. The Morgan fingerprint density at radius 3 is 2.58 bits per heavy atom. The van der Waals surface area contributed by atoms with E-state index >= 15 is 0 Å². The highest BCUT2D eigenvalue weighted by Crippen LogP contribution is 2.32. The second-order valence-electron chi connectivity index (χ2n) is 5.86. The maximum atomic E-state index is 13.6. The maximum Gasteiger partial charge on any atom is 0.339 e. The van der Waals surface area contributed by atoms with E-state index in [1.165, 1.54) is 19.1 Å². The predicted octanol–water partition coefficient (Wildman–Crippen LogP) is 3.09. The van der Waals surface area contributed by atoms with E-state index < -0.39 is 23.8 Å². The topological polar surface area (TPSA) is 73.9 Å². The smallest absolute Gasteiger partial charge is 0.339 e. The van der Waals surface area contributed by atoms with E-state index in [1.54, 1.807) is 25.1 Å². The lowest BCUT2D eigenvalue weighted by atomic mass is 10.1. The third kappa shape index (κ3) is 3.93. The molecule has 0 saturated heterocycles. The number of esters is 1. The van der Waals surface area contributed by atoms with Crippen molar-refractivity contribution in [3.8, 4) is 11.5 Å². The largest absolute Gasteiger partial charge is 0.486 e. The van der Waals surface area contributed by atoms with Crippen molar-refractivity contribution in [1.29, 1.82) is 0 Å². The molecule has 0 bridgehead atoms. The lowest BCUT2D eigenvalue weighted by Crippen LogP contribution is -2.30. The molecule has 1 N–H and O–H groups in total. The summed E-state index contributed by atoms with van der Waals surface area (Å²) in [5.41, 5.74) is 0.960. The van der Waals surface area contributed by atoms with E-state index in [4.69, 9.17) is 14.2 Å². The molecule has 6 nitrogen and oxygen atoms in total. The van der Waals surface area contributed by atoms with Crippen LogP contribution in [-0.2, 0) is 9.53 Å². The summed E-state index contributed by atoms with van der Waals surface area (Å²) in [6.45, 7) is 3.94. The van der Waals surface area contributed by atoms with Crippen LogP contribution in [0.15, 0.2) is 36.4 Å². The van der Waals surface area contributed by atoms with Crippen molar-refractivity contribution in [3.63, 3.8) is 0 Å². The van der Waals surface area contributed by atoms with Crippen molar-refractivity contribution in [3.05, 3.63) is 53.3 Å². The van der Waals surface area contributed by atoms with E-state index in [2.05, 4.69) is 5.32 Å². The lowest BCUT2D eigenvalue weighted by Gasteiger charge is -2.19. The minimum atomic E-state index is -1.06. The fraction of sp³-hybridized carbons (Fsp3) is 0.263. The Kier molecular flexibility index (Phi) is 5.06. The summed E-state index contributed by atoms with van der Waals surface area (Å²) in [6, 6.07) is 9.00. The molecular weight excluding hydrogens is 341 g/mol. The molecule has 0 aliphatic carbocycles. The van der Waals surface area contributed by atoms with Gasteiger partial charge in [0.2, 0.25) is 0 Å². The van der Waals surface area contributed by atoms with E-state index in [-0.39, 0.29) is 5.56 Å². The number of anilines is 1. The van der Waals surface area contributed by atoms with Crippen molar-refractivity contribution < 1.29 is 28.2 Å². The number of fused-ring (bicyclic) bond motifs is 1. The third-order valence-corrected chi connectivity index (χ3v) is 3.87. The van der Waals surface area contributed by atoms with Gasteiger partial charge in [-0.3, -0.25) is 4.79 Å². The first kappa shape index (κ1) is 17.7. The number of hydrogen-bond acceptors (Lipinski definition) is 5. The molecule has 2 aromatic carbocycles. The standard InChI is InChI=1S/C19H18FNO5/c1-11-3-4-13(9-15(11)20)19(23)26-12(2)18(22)21-14-5-6-16-17(10-14)25-8-7-24-16/h3-6,9-10,12H,7-8H2,1-2H3,(H,21,22)/t12-/m1/s1. The van der Waals surface area contributed by atoms with Crippen LogP contribution in [0, 0.1) is 12.7 Å². The van der Waals surface area contributed by atoms with Gasteiger partial charge in [-0.2, -0.15) is 0 Å². The van der Waals surface area contributed by atoms with Gasteiger partial charge in [0, 0.05) is 11.8 Å². The number of benzene rings is 2. The van der Waals surface area contributed by atoms with E-state index in [0.29, 0.717) is 36.0 Å². The molecule has 3 rings (SSSR count). The summed E-state index contributed by atoms with van der Waals surface area (Å²) in [7, 11) is 0. The molecule has 1 aliphatic rings. The molecule has 2 aromatic rings. The molecule has 0 fully saturated rings.